The first kappa shape index (κ1) is 24.0. The van der Waals surface area contributed by atoms with Crippen molar-refractivity contribution >= 4 is 56.5 Å². The molecule has 2 heterocycles. The van der Waals surface area contributed by atoms with Crippen molar-refractivity contribution in [3.05, 3.63) is 46.5 Å². The van der Waals surface area contributed by atoms with Gasteiger partial charge in [-0.2, -0.15) is 13.1 Å². The topological polar surface area (TPSA) is 154 Å². The highest BCUT2D eigenvalue weighted by Crippen LogP contribution is 2.22. The summed E-state index contributed by atoms with van der Waals surface area (Å²) in [6.45, 7) is 0.681. The van der Waals surface area contributed by atoms with Crippen molar-refractivity contribution in [2.24, 2.45) is 0 Å². The van der Waals surface area contributed by atoms with Gasteiger partial charge in [-0.15, -0.1) is 0 Å². The standard InChI is InChI=1S/C18H21Cl2N7O4S/c19-13-4-3-12(9-14(13)20)5-8-31-18(28)26-32(29,30)25-6-1-2-7-27-11-24-15-16(21)22-10-23-17(15)27/h3-4,9-11,25H,1-2,5-8H2,(H,26,28)(H2,21,22,23). The quantitative estimate of drug-likeness (QED) is 0.357. The van der Waals surface area contributed by atoms with Crippen molar-refractivity contribution < 1.29 is 17.9 Å². The number of amides is 1. The molecule has 0 aliphatic rings. The van der Waals surface area contributed by atoms with Crippen LogP contribution in [0, 0.1) is 0 Å². The van der Waals surface area contributed by atoms with E-state index in [0.29, 0.717) is 52.8 Å². The molecule has 32 heavy (non-hydrogen) atoms. The van der Waals surface area contributed by atoms with E-state index in [1.54, 1.807) is 29.2 Å². The van der Waals surface area contributed by atoms with Crippen molar-refractivity contribution in [2.75, 3.05) is 18.9 Å². The molecule has 14 heteroatoms. The van der Waals surface area contributed by atoms with Crippen LogP contribution >= 0.6 is 23.2 Å². The van der Waals surface area contributed by atoms with Gasteiger partial charge in [-0.05, 0) is 30.5 Å². The van der Waals surface area contributed by atoms with Gasteiger partial charge in [0.15, 0.2) is 11.5 Å². The Hall–Kier alpha value is -2.67. The number of nitrogens with two attached hydrogens (primary N) is 1. The highest BCUT2D eigenvalue weighted by molar-refractivity contribution is 7.88. The number of nitrogens with zero attached hydrogens (tertiary/aromatic N) is 4. The number of nitrogens with one attached hydrogen (secondary N) is 2. The molecule has 4 N–H and O–H groups in total. The average Bonchev–Trinajstić information content (AvgIpc) is 3.14. The minimum Gasteiger partial charge on any atom is -0.448 e. The van der Waals surface area contributed by atoms with Crippen LogP contribution in [0.5, 0.6) is 0 Å². The zero-order valence-corrected chi connectivity index (χ0v) is 19.1. The second kappa shape index (κ2) is 10.8. The molecule has 0 bridgehead atoms. The molecule has 2 aromatic heterocycles. The minimum atomic E-state index is -4.03. The molecule has 0 aliphatic carbocycles. The smallest absolute Gasteiger partial charge is 0.421 e. The number of ether oxygens (including phenoxy) is 1. The number of halogens is 2. The number of aromatic nitrogens is 4. The van der Waals surface area contributed by atoms with Crippen LogP contribution in [0.2, 0.25) is 10.0 Å². The molecule has 0 saturated heterocycles. The Morgan fingerprint density at radius 1 is 1.16 bits per heavy atom. The van der Waals surface area contributed by atoms with Crippen LogP contribution in [0.15, 0.2) is 30.9 Å². The molecule has 0 spiro atoms. The Morgan fingerprint density at radius 2 is 1.97 bits per heavy atom. The van der Waals surface area contributed by atoms with Gasteiger partial charge in [0, 0.05) is 19.5 Å². The fraction of sp³-hybridized carbons (Fsp3) is 0.333. The van der Waals surface area contributed by atoms with Gasteiger partial charge in [0.2, 0.25) is 0 Å². The Morgan fingerprint density at radius 3 is 2.75 bits per heavy atom. The van der Waals surface area contributed by atoms with E-state index in [-0.39, 0.29) is 13.2 Å². The summed E-state index contributed by atoms with van der Waals surface area (Å²) in [6, 6.07) is 5.02. The lowest BCUT2D eigenvalue weighted by Crippen LogP contribution is -2.41. The lowest BCUT2D eigenvalue weighted by molar-refractivity contribution is 0.154. The number of benzene rings is 1. The maximum atomic E-state index is 12.0. The number of aryl methyl sites for hydroxylation is 1. The first-order valence-electron chi connectivity index (χ1n) is 9.54. The largest absolute Gasteiger partial charge is 0.448 e. The Balaban J connectivity index is 1.35. The summed E-state index contributed by atoms with van der Waals surface area (Å²) in [5.74, 6) is 0.302. The molecule has 0 aliphatic heterocycles. The summed E-state index contributed by atoms with van der Waals surface area (Å²) in [6.07, 6.45) is 3.42. The normalized spacial score (nSPS) is 11.6. The molecule has 3 rings (SSSR count). The third-order valence-electron chi connectivity index (χ3n) is 4.37. The number of rotatable bonds is 10. The zero-order chi connectivity index (χ0) is 23.1. The molecule has 0 atom stereocenters. The number of carbonyl (C=O) groups is 1. The summed E-state index contributed by atoms with van der Waals surface area (Å²) in [5, 5.41) is 0.808. The maximum Gasteiger partial charge on any atom is 0.421 e. The summed E-state index contributed by atoms with van der Waals surface area (Å²) in [4.78, 5) is 23.9. The molecular weight excluding hydrogens is 481 g/mol. The van der Waals surface area contributed by atoms with Gasteiger partial charge in [0.1, 0.15) is 11.8 Å². The van der Waals surface area contributed by atoms with Crippen LogP contribution in [0.3, 0.4) is 0 Å². The predicted molar refractivity (Wildman–Crippen MR) is 121 cm³/mol. The molecule has 0 saturated carbocycles. The number of imidazole rings is 1. The highest BCUT2D eigenvalue weighted by Gasteiger charge is 2.15. The minimum absolute atomic E-state index is 0.0216. The number of anilines is 1. The SMILES string of the molecule is Nc1ncnc2c1ncn2CCCCNS(=O)(=O)NC(=O)OCCc1ccc(Cl)c(Cl)c1. The summed E-state index contributed by atoms with van der Waals surface area (Å²) in [7, 11) is -4.03. The Bertz CT molecular complexity index is 1200. The van der Waals surface area contributed by atoms with Gasteiger partial charge in [-0.1, -0.05) is 29.3 Å². The molecule has 11 nitrogen and oxygen atoms in total. The fourth-order valence-corrected chi connectivity index (χ4v) is 3.89. The van der Waals surface area contributed by atoms with E-state index in [9.17, 15) is 13.2 Å². The van der Waals surface area contributed by atoms with Gasteiger partial charge in [-0.25, -0.2) is 24.5 Å². The van der Waals surface area contributed by atoms with E-state index in [1.807, 2.05) is 4.57 Å². The van der Waals surface area contributed by atoms with Crippen molar-refractivity contribution in [1.29, 1.82) is 0 Å². The molecular formula is C18H21Cl2N7O4S. The maximum absolute atomic E-state index is 12.0. The number of carbonyl (C=O) groups excluding carboxylic acids is 1. The van der Waals surface area contributed by atoms with E-state index < -0.39 is 16.3 Å². The van der Waals surface area contributed by atoms with Crippen LogP contribution < -0.4 is 15.2 Å². The first-order chi connectivity index (χ1) is 15.2. The van der Waals surface area contributed by atoms with Crippen LogP contribution in [0.1, 0.15) is 18.4 Å². The summed E-state index contributed by atoms with van der Waals surface area (Å²) < 4.78 is 34.7. The van der Waals surface area contributed by atoms with Crippen LogP contribution in [0.4, 0.5) is 10.6 Å². The van der Waals surface area contributed by atoms with E-state index in [1.165, 1.54) is 6.33 Å². The van der Waals surface area contributed by atoms with Crippen molar-refractivity contribution in [2.45, 2.75) is 25.8 Å². The second-order valence-corrected chi connectivity index (χ2v) is 9.02. The second-order valence-electron chi connectivity index (χ2n) is 6.71. The first-order valence-corrected chi connectivity index (χ1v) is 11.8. The van der Waals surface area contributed by atoms with Crippen LogP contribution in [0.25, 0.3) is 11.2 Å². The van der Waals surface area contributed by atoms with E-state index in [0.717, 1.165) is 5.56 Å². The van der Waals surface area contributed by atoms with Gasteiger partial charge in [0.05, 0.1) is 23.0 Å². The number of fused-ring (bicyclic) bond motifs is 1. The lowest BCUT2D eigenvalue weighted by Gasteiger charge is -2.09. The van der Waals surface area contributed by atoms with Gasteiger partial charge < -0.3 is 15.0 Å². The van der Waals surface area contributed by atoms with E-state index in [4.69, 9.17) is 33.7 Å². The molecule has 3 aromatic rings. The van der Waals surface area contributed by atoms with Crippen molar-refractivity contribution in [3.63, 3.8) is 0 Å². The summed E-state index contributed by atoms with van der Waals surface area (Å²) >= 11 is 11.8. The molecule has 0 fully saturated rings. The fourth-order valence-electron chi connectivity index (χ4n) is 2.81. The van der Waals surface area contributed by atoms with Crippen LogP contribution in [-0.2, 0) is 27.9 Å². The molecule has 0 unspecified atom stereocenters. The lowest BCUT2D eigenvalue weighted by atomic mass is 10.2. The third kappa shape index (κ3) is 6.66. The molecule has 1 aromatic carbocycles. The van der Waals surface area contributed by atoms with Gasteiger partial charge >= 0.3 is 16.3 Å². The Labute approximate surface area is 194 Å². The van der Waals surface area contributed by atoms with Gasteiger partial charge in [0.25, 0.3) is 0 Å². The molecule has 172 valence electrons. The van der Waals surface area contributed by atoms with Crippen molar-refractivity contribution in [1.82, 2.24) is 29.0 Å². The number of unbranched alkanes of at least 4 members (excludes halogenated alkanes) is 1. The van der Waals surface area contributed by atoms with Gasteiger partial charge in [-0.3, -0.25) is 0 Å². The monoisotopic (exact) mass is 501 g/mol. The summed E-state index contributed by atoms with van der Waals surface area (Å²) in [5.41, 5.74) is 7.68. The molecule has 1 amide bonds. The zero-order valence-electron chi connectivity index (χ0n) is 16.8. The van der Waals surface area contributed by atoms with Crippen molar-refractivity contribution in [3.8, 4) is 0 Å². The average molecular weight is 502 g/mol. The third-order valence-corrected chi connectivity index (χ3v) is 6.13. The number of nitrogen functional groups attached to an aromatic ring is 1. The highest BCUT2D eigenvalue weighted by atomic mass is 35.5. The number of hydrogen-bond acceptors (Lipinski definition) is 8. The van der Waals surface area contributed by atoms with E-state index >= 15 is 0 Å². The predicted octanol–water partition coefficient (Wildman–Crippen LogP) is 2.30. The van der Waals surface area contributed by atoms with E-state index in [2.05, 4.69) is 19.7 Å². The van der Waals surface area contributed by atoms with Crippen LogP contribution in [-0.4, -0.2) is 47.2 Å². The molecule has 0 radical (unpaired) electrons. The Kier molecular flexibility index (Phi) is 8.07. The number of hydrogen-bond donors (Lipinski definition) is 3.